The number of rotatable bonds is 21. The van der Waals surface area contributed by atoms with E-state index >= 15 is 24.0 Å². The molecule has 0 saturated carbocycles. The summed E-state index contributed by atoms with van der Waals surface area (Å²) in [6, 6.07) is -1.20. The molecule has 0 radical (unpaired) electrons. The molecule has 15 atom stereocenters. The Labute approximate surface area is 730 Å². The predicted molar refractivity (Wildman–Crippen MR) is 458 cm³/mol. The number of aliphatic hydroxyl groups excluding tert-OH is 2. The minimum atomic E-state index is -1.81. The molecule has 0 bridgehead atoms. The molecule has 0 spiro atoms. The first kappa shape index (κ1) is 97.2. The number of phenolic OH excluding ortho intramolecular Hbond substituents is 1. The van der Waals surface area contributed by atoms with E-state index in [1.54, 1.807) is 62.6 Å². The molecule has 3 aromatic carbocycles. The van der Waals surface area contributed by atoms with Crippen LogP contribution in [0.4, 0.5) is 0 Å². The Balaban J connectivity index is 1.07. The molecular formula is C83H115N23O19S. The van der Waals surface area contributed by atoms with Gasteiger partial charge in [-0.15, -0.1) is 16.9 Å². The highest BCUT2D eigenvalue weighted by atomic mass is 32.2. The third-order valence-corrected chi connectivity index (χ3v) is 23.2. The molecule has 3 aliphatic heterocycles. The summed E-state index contributed by atoms with van der Waals surface area (Å²) in [4.78, 5) is 239. The van der Waals surface area contributed by atoms with Gasteiger partial charge in [-0.05, 0) is 103 Å². The molecule has 2 saturated heterocycles. The van der Waals surface area contributed by atoms with E-state index in [1.807, 2.05) is 26.0 Å². The molecule has 16 amide bonds. The molecule has 126 heavy (non-hydrogen) atoms. The van der Waals surface area contributed by atoms with E-state index in [0.29, 0.717) is 64.2 Å². The molecule has 3 aliphatic rings. The number of para-hydroxylation sites is 2. The summed E-state index contributed by atoms with van der Waals surface area (Å²) < 4.78 is 1.23. The number of fused-ring (bicyclic) bond motifs is 5. The number of unbranched alkanes of at least 4 members (excludes halogenated alkanes) is 2. The van der Waals surface area contributed by atoms with Crippen LogP contribution in [0.3, 0.4) is 0 Å². The van der Waals surface area contributed by atoms with Crippen molar-refractivity contribution in [2.45, 2.75) is 222 Å². The average molecular weight is 1770 g/mol. The van der Waals surface area contributed by atoms with Gasteiger partial charge in [0.1, 0.15) is 84.3 Å². The number of aliphatic hydroxyl groups is 2. The lowest BCUT2D eigenvalue weighted by Gasteiger charge is -2.32. The normalized spacial score (nSPS) is 25.4. The minimum Gasteiger partial charge on any atom is -0.508 e. The number of hydrogen-bond donors (Lipinski definition) is 19. The first-order valence-corrected chi connectivity index (χ1v) is 43.2. The van der Waals surface area contributed by atoms with Crippen LogP contribution in [0.1, 0.15) is 147 Å². The van der Waals surface area contributed by atoms with Crippen molar-refractivity contribution in [3.8, 4) is 5.75 Å². The number of aromatic nitrogens is 6. The Kier molecular flexibility index (Phi) is 35.3. The number of tetrazole rings is 1. The number of likely N-dealkylation sites (N-methyl/N-ethyl adjacent to an activating group) is 1. The van der Waals surface area contributed by atoms with Crippen molar-refractivity contribution in [3.05, 3.63) is 108 Å². The third kappa shape index (κ3) is 26.0. The monoisotopic (exact) mass is 1770 g/mol. The molecule has 43 heteroatoms. The molecule has 9 rings (SSSR count). The number of benzene rings is 3. The average Bonchev–Trinajstić information content (AvgIpc) is 1.57. The largest absolute Gasteiger partial charge is 0.508 e. The van der Waals surface area contributed by atoms with Gasteiger partial charge in [0.2, 0.25) is 94.5 Å². The molecule has 0 unspecified atom stereocenters. The van der Waals surface area contributed by atoms with E-state index in [0.717, 1.165) is 21.6 Å². The van der Waals surface area contributed by atoms with E-state index in [2.05, 4.69) is 84.0 Å². The summed E-state index contributed by atoms with van der Waals surface area (Å²) >= 11 is 0.781. The van der Waals surface area contributed by atoms with Crippen molar-refractivity contribution in [2.24, 2.45) is 23.1 Å². The first-order valence-electron chi connectivity index (χ1n) is 42.1. The summed E-state index contributed by atoms with van der Waals surface area (Å²) in [6.07, 6.45) is 2.21. The van der Waals surface area contributed by atoms with Crippen LogP contribution >= 0.6 is 11.8 Å². The number of nitrogens with one attached hydrogen (secondary N) is 13. The molecule has 42 nitrogen and oxygen atoms in total. The number of aromatic amines is 2. The SMILES string of the molecule is CCCC[C@H]1C(=O)N[C@@H](C)C(=O)N[C@H](C(=O)NCC(N)=O)CSCC(=O)N[C@@H](Cc2ccc(O)cc2)C(=O)N[C@@H](C)C(=O)N[C@@H](CC(N)=O)C(=O)N2CCC[C@H]2C(=O)N[C@@H](CN)C(=O)N[C@@H](CC(C)C)C(=O)N2C[C@H](O)C[C@H]2C(=O)N[C@@H](Cc2c[nH]c3ccccc23)C(=O)N[C@@H](CO)C(=O)N[C@@H](Cc2c[nH]c3ccccc23)c2nnnn2[C@@H](CCCC)C(=O)N1C. The van der Waals surface area contributed by atoms with Crippen LogP contribution in [0, 0.1) is 5.92 Å². The standard InChI is InChI=1S/C83H115N23O19S/c1-8-10-21-63-78(120)91-45(6)72(114)99-62(73(115)89-38-68(86)111)41-126-42-69(112)92-56(30-46-24-26-49(108)27-25-46)74(116)90-44(5)71(113)95-59(34-67(85)110)81(123)104-28-16-23-64(104)79(121)97-60(35-84)76(118)96-58(29-43(3)4)82(124)105-39-50(109)33-66(105)80(122)94-57(32-48-37-88-54-20-15-13-18-52(48)54)75(117)98-61(40-107)77(119)93-55(31-47-36-87-53-19-14-12-17-51(47)53)70-100-101-102-106(70)65(22-11-9-2)83(125)103(63)7/h12-15,17-20,24-27,36-37,43-45,50,55-66,87-88,107-109H,8-11,16,21-23,28-35,38-42,84H2,1-7H3,(H2,85,110)(H2,86,111)(H,89,115)(H,90,116)(H,91,120)(H,92,112)(H,93,119)(H,94,122)(H,95,113)(H,96,118)(H,97,121)(H,98,117)(H,99,114)/t44-,45-,50+,55-,56-,57-,58-,59-,60-,61-,62-,63-,64-,65-,66-/m0/s1. The Morgan fingerprint density at radius 2 is 1.12 bits per heavy atom. The number of thioether (sulfide) groups is 1. The summed E-state index contributed by atoms with van der Waals surface area (Å²) in [5, 5.41) is 75.4. The highest BCUT2D eigenvalue weighted by Crippen LogP contribution is 2.30. The van der Waals surface area contributed by atoms with Gasteiger partial charge in [-0.1, -0.05) is 102 Å². The fourth-order valence-corrected chi connectivity index (χ4v) is 16.3. The quantitative estimate of drug-likeness (QED) is 0.0333. The van der Waals surface area contributed by atoms with Crippen LogP contribution in [0.2, 0.25) is 0 Å². The van der Waals surface area contributed by atoms with Gasteiger partial charge in [0.25, 0.3) is 0 Å². The van der Waals surface area contributed by atoms with Crippen molar-refractivity contribution in [1.82, 2.24) is 103 Å². The molecule has 6 heterocycles. The maximum absolute atomic E-state index is 15.5. The Hall–Kier alpha value is -12.6. The predicted octanol–water partition coefficient (Wildman–Crippen LogP) is -3.45. The van der Waals surface area contributed by atoms with Crippen LogP contribution in [0.15, 0.2) is 85.2 Å². The van der Waals surface area contributed by atoms with Crippen LogP contribution in [0.5, 0.6) is 5.75 Å². The fourth-order valence-electron chi connectivity index (χ4n) is 15.4. The zero-order valence-electron chi connectivity index (χ0n) is 71.3. The van der Waals surface area contributed by atoms with Crippen molar-refractivity contribution in [1.29, 1.82) is 0 Å². The topological polar surface area (TPSA) is 629 Å². The number of primary amides is 2. The highest BCUT2D eigenvalue weighted by Gasteiger charge is 2.46. The number of amides is 16. The van der Waals surface area contributed by atoms with Gasteiger partial charge in [-0.25, -0.2) is 4.68 Å². The van der Waals surface area contributed by atoms with Gasteiger partial charge in [0.15, 0.2) is 5.82 Å². The molecule has 3 aromatic heterocycles. The summed E-state index contributed by atoms with van der Waals surface area (Å²) in [5.41, 5.74) is 20.0. The number of carbonyl (C=O) groups excluding carboxylic acids is 16. The second-order valence-corrected chi connectivity index (χ2v) is 33.3. The van der Waals surface area contributed by atoms with Crippen LogP contribution in [-0.4, -0.2) is 285 Å². The van der Waals surface area contributed by atoms with Crippen LogP contribution < -0.4 is 75.7 Å². The lowest BCUT2D eigenvalue weighted by molar-refractivity contribution is -0.144. The lowest BCUT2D eigenvalue weighted by atomic mass is 10.0. The van der Waals surface area contributed by atoms with Crippen molar-refractivity contribution < 1.29 is 92.0 Å². The Morgan fingerprint density at radius 3 is 1.73 bits per heavy atom. The smallest absolute Gasteiger partial charge is 0.248 e. The second kappa shape index (κ2) is 45.8. The van der Waals surface area contributed by atoms with Gasteiger partial charge >= 0.3 is 0 Å². The first-order chi connectivity index (χ1) is 60.1. The molecule has 682 valence electrons. The second-order valence-electron chi connectivity index (χ2n) is 32.3. The zero-order chi connectivity index (χ0) is 91.8. The maximum Gasteiger partial charge on any atom is 0.248 e. The van der Waals surface area contributed by atoms with Crippen molar-refractivity contribution in [2.75, 3.05) is 51.3 Å². The molecule has 6 aromatic rings. The molecular weight excluding hydrogens is 1660 g/mol. The molecule has 0 aliphatic carbocycles. The highest BCUT2D eigenvalue weighted by molar-refractivity contribution is 8.00. The number of H-pyrrole nitrogens is 2. The Morgan fingerprint density at radius 1 is 0.587 bits per heavy atom. The van der Waals surface area contributed by atoms with Crippen molar-refractivity contribution >= 4 is 128 Å². The number of nitrogens with zero attached hydrogens (tertiary/aromatic N) is 7. The third-order valence-electron chi connectivity index (χ3n) is 22.2. The minimum absolute atomic E-state index is 0.00700. The summed E-state index contributed by atoms with van der Waals surface area (Å²) in [5.74, 6) is -16.4. The van der Waals surface area contributed by atoms with Gasteiger partial charge < -0.3 is 116 Å². The lowest BCUT2D eigenvalue weighted by Crippen LogP contribution is -2.61. The van der Waals surface area contributed by atoms with E-state index in [1.165, 1.54) is 54.7 Å². The van der Waals surface area contributed by atoms with E-state index in [4.69, 9.17) is 17.2 Å². The van der Waals surface area contributed by atoms with Gasteiger partial charge in [-0.3, -0.25) is 76.7 Å². The van der Waals surface area contributed by atoms with Gasteiger partial charge in [-0.2, -0.15) is 0 Å². The molecule has 2 fully saturated rings. The van der Waals surface area contributed by atoms with Crippen LogP contribution in [0.25, 0.3) is 21.8 Å². The van der Waals surface area contributed by atoms with E-state index in [-0.39, 0.29) is 81.8 Å². The van der Waals surface area contributed by atoms with Gasteiger partial charge in [0, 0.05) is 92.3 Å². The fraction of sp³-hybridized carbons (Fsp3) is 0.530. The number of phenols is 1. The summed E-state index contributed by atoms with van der Waals surface area (Å²) in [7, 11) is 1.39. The number of nitrogens with two attached hydrogens (primary N) is 3. The van der Waals surface area contributed by atoms with E-state index < -0.39 is 229 Å². The van der Waals surface area contributed by atoms with Gasteiger partial charge in [0.05, 0.1) is 37.5 Å². The van der Waals surface area contributed by atoms with E-state index in [9.17, 15) is 68.1 Å². The van der Waals surface area contributed by atoms with Crippen LogP contribution in [-0.2, 0) is 96.0 Å². The van der Waals surface area contributed by atoms with Crippen molar-refractivity contribution in [3.63, 3.8) is 0 Å². The number of carbonyl (C=O) groups is 16. The maximum atomic E-state index is 15.5. The number of aromatic hydroxyl groups is 1. The number of hydrogen-bond acceptors (Lipinski definition) is 24. The Bertz CT molecular complexity index is 4910. The zero-order valence-corrected chi connectivity index (χ0v) is 72.1. The summed E-state index contributed by atoms with van der Waals surface area (Å²) in [6.45, 7) is 6.88. The molecule has 22 N–H and O–H groups in total.